The minimum absolute atomic E-state index is 0.0468. The predicted octanol–water partition coefficient (Wildman–Crippen LogP) is 4.39. The SMILES string of the molecule is CCCCOc1ccc(C(=O)N2CCOC(c3ccc(C)cc3)C2)cc1. The summed E-state index contributed by atoms with van der Waals surface area (Å²) in [5.41, 5.74) is 3.03. The maximum atomic E-state index is 12.8. The number of carbonyl (C=O) groups excluding carboxylic acids is 1. The molecule has 4 nitrogen and oxygen atoms in total. The van der Waals surface area contributed by atoms with Crippen LogP contribution < -0.4 is 4.74 Å². The summed E-state index contributed by atoms with van der Waals surface area (Å²) in [6, 6.07) is 15.8. The average molecular weight is 353 g/mol. The van der Waals surface area contributed by atoms with Crippen molar-refractivity contribution >= 4 is 5.91 Å². The number of morpholine rings is 1. The van der Waals surface area contributed by atoms with Crippen LogP contribution in [0.15, 0.2) is 48.5 Å². The first-order valence-electron chi connectivity index (χ1n) is 9.37. The van der Waals surface area contributed by atoms with E-state index >= 15 is 0 Å². The lowest BCUT2D eigenvalue weighted by molar-refractivity contribution is -0.0228. The van der Waals surface area contributed by atoms with Crippen LogP contribution in [0.5, 0.6) is 5.75 Å². The standard InChI is InChI=1S/C22H27NO3/c1-3-4-14-25-20-11-9-19(10-12-20)22(24)23-13-15-26-21(16-23)18-7-5-17(2)6-8-18/h5-12,21H,3-4,13-16H2,1-2H3. The van der Waals surface area contributed by atoms with Crippen LogP contribution in [0.4, 0.5) is 0 Å². The zero-order valence-corrected chi connectivity index (χ0v) is 15.6. The number of ether oxygens (including phenoxy) is 2. The third kappa shape index (κ3) is 4.64. The molecule has 0 bridgehead atoms. The molecular weight excluding hydrogens is 326 g/mol. The topological polar surface area (TPSA) is 38.8 Å². The van der Waals surface area contributed by atoms with E-state index < -0.39 is 0 Å². The van der Waals surface area contributed by atoms with Crippen LogP contribution in [0, 0.1) is 6.92 Å². The lowest BCUT2D eigenvalue weighted by Crippen LogP contribution is -2.42. The second kappa shape index (κ2) is 8.86. The van der Waals surface area contributed by atoms with E-state index in [4.69, 9.17) is 9.47 Å². The number of aryl methyl sites for hydroxylation is 1. The molecule has 2 aromatic carbocycles. The Morgan fingerprint density at radius 1 is 1.15 bits per heavy atom. The van der Waals surface area contributed by atoms with Gasteiger partial charge in [-0.05, 0) is 43.2 Å². The molecule has 1 unspecified atom stereocenters. The molecule has 0 N–H and O–H groups in total. The zero-order chi connectivity index (χ0) is 18.4. The Bertz CT molecular complexity index is 709. The second-order valence-electron chi connectivity index (χ2n) is 6.75. The van der Waals surface area contributed by atoms with Crippen molar-refractivity contribution in [2.24, 2.45) is 0 Å². The molecule has 1 atom stereocenters. The number of hydrogen-bond acceptors (Lipinski definition) is 3. The number of unbranched alkanes of at least 4 members (excludes halogenated alkanes) is 1. The van der Waals surface area contributed by atoms with E-state index in [1.54, 1.807) is 0 Å². The van der Waals surface area contributed by atoms with Crippen LogP contribution in [-0.2, 0) is 4.74 Å². The van der Waals surface area contributed by atoms with Crippen LogP contribution in [0.25, 0.3) is 0 Å². The Kier molecular flexibility index (Phi) is 6.29. The number of rotatable bonds is 6. The molecule has 1 heterocycles. The van der Waals surface area contributed by atoms with Gasteiger partial charge in [0.25, 0.3) is 5.91 Å². The van der Waals surface area contributed by atoms with Crippen molar-refractivity contribution < 1.29 is 14.3 Å². The van der Waals surface area contributed by atoms with Gasteiger partial charge in [0.05, 0.1) is 19.8 Å². The number of hydrogen-bond donors (Lipinski definition) is 0. The van der Waals surface area contributed by atoms with Gasteiger partial charge in [-0.15, -0.1) is 0 Å². The van der Waals surface area contributed by atoms with E-state index in [0.717, 1.165) is 24.2 Å². The monoisotopic (exact) mass is 353 g/mol. The molecule has 0 spiro atoms. The van der Waals surface area contributed by atoms with E-state index in [-0.39, 0.29) is 12.0 Å². The van der Waals surface area contributed by atoms with Crippen molar-refractivity contribution in [2.75, 3.05) is 26.3 Å². The van der Waals surface area contributed by atoms with E-state index in [1.807, 2.05) is 29.2 Å². The third-order valence-electron chi connectivity index (χ3n) is 4.67. The average Bonchev–Trinajstić information content (AvgIpc) is 2.69. The quantitative estimate of drug-likeness (QED) is 0.723. The molecule has 0 aromatic heterocycles. The first-order valence-corrected chi connectivity index (χ1v) is 9.37. The minimum atomic E-state index is -0.0649. The highest BCUT2D eigenvalue weighted by Crippen LogP contribution is 2.24. The first-order chi connectivity index (χ1) is 12.7. The number of benzene rings is 2. The molecule has 4 heteroatoms. The van der Waals surface area contributed by atoms with Gasteiger partial charge in [-0.2, -0.15) is 0 Å². The number of amides is 1. The van der Waals surface area contributed by atoms with Crippen LogP contribution in [0.1, 0.15) is 47.4 Å². The molecule has 1 aliphatic rings. The van der Waals surface area contributed by atoms with Gasteiger partial charge in [0.15, 0.2) is 0 Å². The van der Waals surface area contributed by atoms with Gasteiger partial charge in [0.2, 0.25) is 0 Å². The summed E-state index contributed by atoms with van der Waals surface area (Å²) in [5.74, 6) is 0.861. The highest BCUT2D eigenvalue weighted by atomic mass is 16.5. The smallest absolute Gasteiger partial charge is 0.254 e. The molecule has 1 aliphatic heterocycles. The molecule has 0 aliphatic carbocycles. The summed E-state index contributed by atoms with van der Waals surface area (Å²) in [7, 11) is 0. The minimum Gasteiger partial charge on any atom is -0.494 e. The van der Waals surface area contributed by atoms with Gasteiger partial charge >= 0.3 is 0 Å². The Morgan fingerprint density at radius 2 is 1.88 bits per heavy atom. The Morgan fingerprint density at radius 3 is 2.58 bits per heavy atom. The molecule has 1 fully saturated rings. The third-order valence-corrected chi connectivity index (χ3v) is 4.67. The number of carbonyl (C=O) groups is 1. The Labute approximate surface area is 155 Å². The summed E-state index contributed by atoms with van der Waals surface area (Å²) >= 11 is 0. The summed E-state index contributed by atoms with van der Waals surface area (Å²) < 4.78 is 11.5. The van der Waals surface area contributed by atoms with Crippen LogP contribution in [-0.4, -0.2) is 37.1 Å². The lowest BCUT2D eigenvalue weighted by Gasteiger charge is -2.33. The predicted molar refractivity (Wildman–Crippen MR) is 103 cm³/mol. The molecule has 3 rings (SSSR count). The fourth-order valence-corrected chi connectivity index (χ4v) is 3.03. The van der Waals surface area contributed by atoms with Crippen molar-refractivity contribution in [2.45, 2.75) is 32.8 Å². The van der Waals surface area contributed by atoms with E-state index in [1.165, 1.54) is 5.56 Å². The molecule has 0 radical (unpaired) electrons. The largest absolute Gasteiger partial charge is 0.494 e. The van der Waals surface area contributed by atoms with Gasteiger partial charge in [-0.1, -0.05) is 43.2 Å². The summed E-state index contributed by atoms with van der Waals surface area (Å²) in [5, 5.41) is 0. The van der Waals surface area contributed by atoms with Crippen molar-refractivity contribution in [1.29, 1.82) is 0 Å². The molecular formula is C22H27NO3. The normalized spacial score (nSPS) is 17.2. The molecule has 1 amide bonds. The molecule has 26 heavy (non-hydrogen) atoms. The summed E-state index contributed by atoms with van der Waals surface area (Å²) in [4.78, 5) is 14.7. The second-order valence-corrected chi connectivity index (χ2v) is 6.75. The van der Waals surface area contributed by atoms with Crippen molar-refractivity contribution in [3.63, 3.8) is 0 Å². The maximum absolute atomic E-state index is 12.8. The zero-order valence-electron chi connectivity index (χ0n) is 15.6. The fourth-order valence-electron chi connectivity index (χ4n) is 3.03. The Balaban J connectivity index is 1.62. The summed E-state index contributed by atoms with van der Waals surface area (Å²) in [6.07, 6.45) is 2.08. The van der Waals surface area contributed by atoms with Gasteiger partial charge in [0.1, 0.15) is 11.9 Å². The van der Waals surface area contributed by atoms with Crippen molar-refractivity contribution in [3.8, 4) is 5.75 Å². The van der Waals surface area contributed by atoms with Crippen molar-refractivity contribution in [3.05, 3.63) is 65.2 Å². The van der Waals surface area contributed by atoms with Crippen LogP contribution in [0.3, 0.4) is 0 Å². The number of nitrogens with zero attached hydrogens (tertiary/aromatic N) is 1. The van der Waals surface area contributed by atoms with Gasteiger partial charge in [-0.25, -0.2) is 0 Å². The van der Waals surface area contributed by atoms with E-state index in [0.29, 0.717) is 31.9 Å². The maximum Gasteiger partial charge on any atom is 0.254 e. The van der Waals surface area contributed by atoms with Crippen LogP contribution >= 0.6 is 0 Å². The van der Waals surface area contributed by atoms with E-state index in [9.17, 15) is 4.79 Å². The first kappa shape index (κ1) is 18.5. The molecule has 0 saturated carbocycles. The lowest BCUT2D eigenvalue weighted by atomic mass is 10.1. The van der Waals surface area contributed by atoms with E-state index in [2.05, 4.69) is 38.1 Å². The molecule has 1 saturated heterocycles. The molecule has 138 valence electrons. The Hall–Kier alpha value is -2.33. The van der Waals surface area contributed by atoms with Crippen molar-refractivity contribution in [1.82, 2.24) is 4.90 Å². The van der Waals surface area contributed by atoms with Gasteiger partial charge in [-0.3, -0.25) is 4.79 Å². The highest BCUT2D eigenvalue weighted by molar-refractivity contribution is 5.94. The fraction of sp³-hybridized carbons (Fsp3) is 0.409. The summed E-state index contributed by atoms with van der Waals surface area (Å²) in [6.45, 7) is 6.68. The van der Waals surface area contributed by atoms with Crippen LogP contribution in [0.2, 0.25) is 0 Å². The highest BCUT2D eigenvalue weighted by Gasteiger charge is 2.26. The molecule has 2 aromatic rings. The van der Waals surface area contributed by atoms with Gasteiger partial charge in [0, 0.05) is 12.1 Å². The van der Waals surface area contributed by atoms with Gasteiger partial charge < -0.3 is 14.4 Å².